The van der Waals surface area contributed by atoms with Gasteiger partial charge >= 0.3 is 11.9 Å². The number of aromatic nitrogens is 2. The van der Waals surface area contributed by atoms with Crippen molar-refractivity contribution in [3.8, 4) is 17.4 Å². The lowest BCUT2D eigenvalue weighted by Gasteiger charge is -2.29. The molecule has 0 saturated heterocycles. The summed E-state index contributed by atoms with van der Waals surface area (Å²) in [6.45, 7) is 5.64. The largest absolute Gasteiger partial charge is 0.490 e. The van der Waals surface area contributed by atoms with Crippen molar-refractivity contribution in [3.63, 3.8) is 0 Å². The molecule has 1 amide bonds. The fourth-order valence-electron chi connectivity index (χ4n) is 5.03. The molecule has 0 radical (unpaired) electrons. The first kappa shape index (κ1) is 35.2. The Morgan fingerprint density at radius 3 is 2.19 bits per heavy atom. The number of pyridine rings is 1. The highest BCUT2D eigenvalue weighted by atomic mass is 16.5. The summed E-state index contributed by atoms with van der Waals surface area (Å²) >= 11 is 0. The number of para-hydroxylation sites is 1. The minimum Gasteiger partial charge on any atom is -0.490 e. The number of fused-ring (bicyclic) bond motifs is 3. The van der Waals surface area contributed by atoms with E-state index in [0.717, 1.165) is 39.8 Å². The van der Waals surface area contributed by atoms with E-state index < -0.39 is 23.9 Å². The lowest BCUT2D eigenvalue weighted by Crippen LogP contribution is -2.37. The number of hydrogen-bond acceptors (Lipinski definition) is 8. The number of ether oxygens (including phenoxy) is 2. The van der Waals surface area contributed by atoms with E-state index in [1.54, 1.807) is 12.1 Å². The molecule has 6 N–H and O–H groups in total. The predicted octanol–water partition coefficient (Wildman–Crippen LogP) is 5.84. The number of amides is 1. The fourth-order valence-corrected chi connectivity index (χ4v) is 5.03. The molecule has 0 unspecified atom stereocenters. The van der Waals surface area contributed by atoms with Crippen LogP contribution in [0.15, 0.2) is 85.1 Å². The maximum absolute atomic E-state index is 11.2. The van der Waals surface area contributed by atoms with Gasteiger partial charge in [-0.15, -0.1) is 0 Å². The van der Waals surface area contributed by atoms with Crippen LogP contribution in [0.25, 0.3) is 21.8 Å². The number of benzene rings is 3. The quantitative estimate of drug-likeness (QED) is 0.0916. The highest BCUT2D eigenvalue weighted by Gasteiger charge is 2.17. The van der Waals surface area contributed by atoms with Gasteiger partial charge in [-0.25, -0.2) is 4.98 Å². The van der Waals surface area contributed by atoms with Crippen molar-refractivity contribution in [3.05, 3.63) is 90.6 Å². The maximum atomic E-state index is 11.2. The number of carboxylic acids is 2. The van der Waals surface area contributed by atoms with Gasteiger partial charge in [0.2, 0.25) is 11.8 Å². The Morgan fingerprint density at radius 2 is 1.56 bits per heavy atom. The molecule has 0 bridgehead atoms. The summed E-state index contributed by atoms with van der Waals surface area (Å²) in [7, 11) is 0. The number of aliphatic hydroxyl groups excluding tert-OH is 1. The average Bonchev–Trinajstić information content (AvgIpc) is 3.43. The molecule has 2 aromatic heterocycles. The molecule has 48 heavy (non-hydrogen) atoms. The third-order valence-electron chi connectivity index (χ3n) is 7.17. The molecule has 0 saturated carbocycles. The molecule has 0 aliphatic carbocycles. The number of aliphatic hydroxyl groups is 1. The molecule has 0 aliphatic rings. The second kappa shape index (κ2) is 16.8. The monoisotopic (exact) mass is 656 g/mol. The van der Waals surface area contributed by atoms with Gasteiger partial charge in [-0.3, -0.25) is 14.4 Å². The van der Waals surface area contributed by atoms with Gasteiger partial charge in [0.1, 0.15) is 24.2 Å². The van der Waals surface area contributed by atoms with Crippen LogP contribution < -0.4 is 20.1 Å². The number of primary amides is 1. The Balaban J connectivity index is 0.000000508. The van der Waals surface area contributed by atoms with Crippen LogP contribution in [0.3, 0.4) is 0 Å². The highest BCUT2D eigenvalue weighted by molar-refractivity contribution is 6.10. The van der Waals surface area contributed by atoms with Crippen LogP contribution in [-0.4, -0.2) is 68.9 Å². The average molecular weight is 657 g/mol. The number of hydrogen-bond donors (Lipinski definition) is 5. The summed E-state index contributed by atoms with van der Waals surface area (Å²) in [5.74, 6) is -0.318. The predicted molar refractivity (Wildman–Crippen MR) is 183 cm³/mol. The van der Waals surface area contributed by atoms with Crippen molar-refractivity contribution in [2.75, 3.05) is 24.6 Å². The SMILES string of the molecule is CC(C)CN(C[C@H](O)COc1cccc2[nH]c3ccccc3c12)c1ccc(Oc2ccc(C(N)=O)cn2)cc1.O=C(O)CCCC(=O)O. The number of carbonyl (C=O) groups excluding carboxylic acids is 1. The molecule has 0 fully saturated rings. The van der Waals surface area contributed by atoms with Gasteiger partial charge in [-0.05, 0) is 60.9 Å². The first-order valence-corrected chi connectivity index (χ1v) is 15.5. The number of H-pyrrole nitrogens is 1. The molecule has 5 aromatic rings. The Labute approximate surface area is 277 Å². The van der Waals surface area contributed by atoms with Crippen LogP contribution in [0.5, 0.6) is 17.4 Å². The standard InChI is InChI=1S/C31H32N4O4.C5H8O4/c1-20(2)17-35(22-11-13-24(14-12-22)39-29-15-10-21(16-33-29)31(32)37)18-23(36)19-38-28-9-5-8-27-30(28)25-6-3-4-7-26(25)34-27;6-4(7)2-1-3-5(8)9/h3-16,20,23,34,36H,17-19H2,1-2H3,(H2,32,37);1-3H2,(H,6,7)(H,8,9)/t23-;/m0./s1. The van der Waals surface area contributed by atoms with E-state index in [1.807, 2.05) is 60.7 Å². The third kappa shape index (κ3) is 10.2. The van der Waals surface area contributed by atoms with Gasteiger partial charge in [0, 0.05) is 60.2 Å². The van der Waals surface area contributed by atoms with E-state index in [4.69, 9.17) is 25.4 Å². The number of nitrogens with one attached hydrogen (secondary N) is 1. The summed E-state index contributed by atoms with van der Waals surface area (Å²) in [4.78, 5) is 40.5. The number of carboxylic acid groups (broad SMARTS) is 2. The number of rotatable bonds is 15. The molecule has 2 heterocycles. The van der Waals surface area contributed by atoms with Crippen molar-refractivity contribution in [2.45, 2.75) is 39.2 Å². The zero-order valence-electron chi connectivity index (χ0n) is 26.8. The van der Waals surface area contributed by atoms with Crippen molar-refractivity contribution >= 4 is 45.3 Å². The minimum absolute atomic E-state index is 0.0632. The van der Waals surface area contributed by atoms with E-state index >= 15 is 0 Å². The summed E-state index contributed by atoms with van der Waals surface area (Å²) in [5.41, 5.74) is 8.61. The van der Waals surface area contributed by atoms with Crippen LogP contribution in [0.2, 0.25) is 0 Å². The van der Waals surface area contributed by atoms with Gasteiger partial charge in [0.05, 0.1) is 11.1 Å². The number of carbonyl (C=O) groups is 3. The Morgan fingerprint density at radius 1 is 0.875 bits per heavy atom. The van der Waals surface area contributed by atoms with Gasteiger partial charge in [-0.2, -0.15) is 0 Å². The Kier molecular flexibility index (Phi) is 12.3. The smallest absolute Gasteiger partial charge is 0.303 e. The van der Waals surface area contributed by atoms with Crippen LogP contribution in [0.4, 0.5) is 5.69 Å². The summed E-state index contributed by atoms with van der Waals surface area (Å²) < 4.78 is 11.9. The number of nitrogens with two attached hydrogens (primary N) is 1. The molecule has 5 rings (SSSR count). The van der Waals surface area contributed by atoms with E-state index in [-0.39, 0.29) is 25.9 Å². The third-order valence-corrected chi connectivity index (χ3v) is 7.17. The first-order chi connectivity index (χ1) is 23.0. The lowest BCUT2D eigenvalue weighted by molar-refractivity contribution is -0.138. The second-order valence-corrected chi connectivity index (χ2v) is 11.6. The van der Waals surface area contributed by atoms with Crippen molar-refractivity contribution < 1.29 is 39.2 Å². The molecular formula is C36H40N4O8. The highest BCUT2D eigenvalue weighted by Crippen LogP contribution is 2.33. The van der Waals surface area contributed by atoms with Crippen molar-refractivity contribution in [1.82, 2.24) is 9.97 Å². The van der Waals surface area contributed by atoms with E-state index in [0.29, 0.717) is 29.7 Å². The van der Waals surface area contributed by atoms with Crippen molar-refractivity contribution in [1.29, 1.82) is 0 Å². The minimum atomic E-state index is -0.948. The van der Waals surface area contributed by atoms with Gasteiger partial charge < -0.3 is 40.4 Å². The maximum Gasteiger partial charge on any atom is 0.303 e. The summed E-state index contributed by atoms with van der Waals surface area (Å²) in [6, 6.07) is 24.9. The van der Waals surface area contributed by atoms with Crippen LogP contribution >= 0.6 is 0 Å². The first-order valence-electron chi connectivity index (χ1n) is 15.5. The van der Waals surface area contributed by atoms with Crippen molar-refractivity contribution in [2.24, 2.45) is 11.7 Å². The van der Waals surface area contributed by atoms with Crippen LogP contribution in [-0.2, 0) is 9.59 Å². The lowest BCUT2D eigenvalue weighted by atomic mass is 10.1. The number of aliphatic carboxylic acids is 2. The number of nitrogens with zero attached hydrogens (tertiary/aromatic N) is 2. The van der Waals surface area contributed by atoms with E-state index in [1.165, 1.54) is 6.20 Å². The van der Waals surface area contributed by atoms with E-state index in [9.17, 15) is 19.5 Å². The topological polar surface area (TPSA) is 188 Å². The fraction of sp³-hybridized carbons (Fsp3) is 0.278. The molecule has 12 nitrogen and oxygen atoms in total. The molecule has 0 spiro atoms. The number of aromatic amines is 1. The Bertz CT molecular complexity index is 1810. The second-order valence-electron chi connectivity index (χ2n) is 11.6. The zero-order chi connectivity index (χ0) is 34.6. The molecule has 12 heteroatoms. The van der Waals surface area contributed by atoms with Crippen LogP contribution in [0, 0.1) is 5.92 Å². The van der Waals surface area contributed by atoms with Gasteiger partial charge in [0.15, 0.2) is 0 Å². The molecular weight excluding hydrogens is 616 g/mol. The molecule has 1 atom stereocenters. The van der Waals surface area contributed by atoms with Gasteiger partial charge in [0.25, 0.3) is 0 Å². The Hall–Kier alpha value is -5.62. The van der Waals surface area contributed by atoms with E-state index in [2.05, 4.69) is 34.8 Å². The summed E-state index contributed by atoms with van der Waals surface area (Å²) in [6.07, 6.45) is 0.773. The zero-order valence-corrected chi connectivity index (χ0v) is 26.8. The summed E-state index contributed by atoms with van der Waals surface area (Å²) in [5, 5.41) is 29.1. The molecule has 3 aromatic carbocycles. The number of anilines is 1. The normalized spacial score (nSPS) is 11.5. The molecule has 0 aliphatic heterocycles. The van der Waals surface area contributed by atoms with Gasteiger partial charge in [-0.1, -0.05) is 38.1 Å². The molecule has 252 valence electrons. The van der Waals surface area contributed by atoms with Crippen LogP contribution in [0.1, 0.15) is 43.5 Å².